The molecule has 0 aromatic heterocycles. The number of carbonyl (C=O) groups excluding carboxylic acids is 1. The zero-order valence-corrected chi connectivity index (χ0v) is 14.0. The van der Waals surface area contributed by atoms with Crippen LogP contribution in [0.15, 0.2) is 60.7 Å². The molecule has 2 aromatic carbocycles. The Morgan fingerprint density at radius 2 is 1.75 bits per heavy atom. The van der Waals surface area contributed by atoms with Gasteiger partial charge < -0.3 is 20.1 Å². The van der Waals surface area contributed by atoms with Gasteiger partial charge in [0.25, 0.3) is 0 Å². The Hall–Kier alpha value is -2.95. The van der Waals surface area contributed by atoms with E-state index >= 15 is 0 Å². The molecule has 1 amide bonds. The molecule has 2 aromatic rings. The standard InChI is InChI=1S/C19H22N2O3/c1-14(2)13-24-18-9-4-6-15(10-18)20-12-19(22)21-16-7-5-8-17(11-16)23-3/h4-11,20H,1,12-13H2,2-3H3,(H,21,22). The Balaban J connectivity index is 1.87. The van der Waals surface area contributed by atoms with Crippen LogP contribution < -0.4 is 20.1 Å². The lowest BCUT2D eigenvalue weighted by molar-refractivity contribution is -0.114. The van der Waals surface area contributed by atoms with Crippen LogP contribution in [-0.2, 0) is 4.79 Å². The highest BCUT2D eigenvalue weighted by Crippen LogP contribution is 2.18. The zero-order valence-electron chi connectivity index (χ0n) is 14.0. The smallest absolute Gasteiger partial charge is 0.243 e. The predicted octanol–water partition coefficient (Wildman–Crippen LogP) is 3.70. The van der Waals surface area contributed by atoms with E-state index in [9.17, 15) is 4.79 Å². The van der Waals surface area contributed by atoms with Gasteiger partial charge in [0, 0.05) is 23.5 Å². The number of hydrogen-bond donors (Lipinski definition) is 2. The number of carbonyl (C=O) groups is 1. The summed E-state index contributed by atoms with van der Waals surface area (Å²) in [5, 5.41) is 5.89. The maximum Gasteiger partial charge on any atom is 0.243 e. The third-order valence-corrected chi connectivity index (χ3v) is 3.13. The second-order valence-corrected chi connectivity index (χ2v) is 5.41. The Morgan fingerprint density at radius 1 is 1.08 bits per heavy atom. The molecule has 2 N–H and O–H groups in total. The van der Waals surface area contributed by atoms with E-state index < -0.39 is 0 Å². The first-order chi connectivity index (χ1) is 11.6. The number of ether oxygens (including phenoxy) is 2. The summed E-state index contributed by atoms with van der Waals surface area (Å²) in [5.74, 6) is 1.29. The number of nitrogens with one attached hydrogen (secondary N) is 2. The van der Waals surface area contributed by atoms with E-state index in [0.29, 0.717) is 18.0 Å². The highest BCUT2D eigenvalue weighted by Gasteiger charge is 2.04. The van der Waals surface area contributed by atoms with Crippen LogP contribution in [0.1, 0.15) is 6.92 Å². The lowest BCUT2D eigenvalue weighted by Gasteiger charge is -2.10. The lowest BCUT2D eigenvalue weighted by atomic mass is 10.3. The molecule has 126 valence electrons. The summed E-state index contributed by atoms with van der Waals surface area (Å²) in [7, 11) is 1.59. The van der Waals surface area contributed by atoms with Crippen LogP contribution in [0.2, 0.25) is 0 Å². The van der Waals surface area contributed by atoms with Crippen molar-refractivity contribution in [3.8, 4) is 11.5 Å². The van der Waals surface area contributed by atoms with Gasteiger partial charge in [0.1, 0.15) is 18.1 Å². The molecule has 0 aliphatic rings. The van der Waals surface area contributed by atoms with E-state index in [1.807, 2.05) is 49.4 Å². The molecule has 0 aliphatic carbocycles. The van der Waals surface area contributed by atoms with Crippen molar-refractivity contribution < 1.29 is 14.3 Å². The second-order valence-electron chi connectivity index (χ2n) is 5.41. The summed E-state index contributed by atoms with van der Waals surface area (Å²) in [4.78, 5) is 12.0. The van der Waals surface area contributed by atoms with Crippen LogP contribution in [0.25, 0.3) is 0 Å². The first-order valence-corrected chi connectivity index (χ1v) is 7.62. The fourth-order valence-electron chi connectivity index (χ4n) is 1.99. The first kappa shape index (κ1) is 17.4. The van der Waals surface area contributed by atoms with E-state index in [1.54, 1.807) is 13.2 Å². The highest BCUT2D eigenvalue weighted by atomic mass is 16.5. The molecule has 2 rings (SSSR count). The minimum atomic E-state index is -0.142. The summed E-state index contributed by atoms with van der Waals surface area (Å²) in [6.07, 6.45) is 0. The summed E-state index contributed by atoms with van der Waals surface area (Å²) < 4.78 is 10.7. The van der Waals surface area contributed by atoms with E-state index in [2.05, 4.69) is 17.2 Å². The number of methoxy groups -OCH3 is 1. The third-order valence-electron chi connectivity index (χ3n) is 3.13. The van der Waals surface area contributed by atoms with Crippen molar-refractivity contribution in [2.45, 2.75) is 6.92 Å². The minimum Gasteiger partial charge on any atom is -0.497 e. The lowest BCUT2D eigenvalue weighted by Crippen LogP contribution is -2.21. The van der Waals surface area contributed by atoms with Crippen LogP contribution in [0.3, 0.4) is 0 Å². The quantitative estimate of drug-likeness (QED) is 0.726. The van der Waals surface area contributed by atoms with Crippen molar-refractivity contribution in [3.63, 3.8) is 0 Å². The molecule has 0 spiro atoms. The van der Waals surface area contributed by atoms with Gasteiger partial charge >= 0.3 is 0 Å². The Labute approximate surface area is 142 Å². The molecule has 0 unspecified atom stereocenters. The van der Waals surface area contributed by atoms with Crippen molar-refractivity contribution in [3.05, 3.63) is 60.7 Å². The highest BCUT2D eigenvalue weighted by molar-refractivity contribution is 5.93. The average Bonchev–Trinajstić information content (AvgIpc) is 2.59. The number of amides is 1. The fraction of sp³-hybridized carbons (Fsp3) is 0.211. The SMILES string of the molecule is C=C(C)COc1cccc(NCC(=O)Nc2cccc(OC)c2)c1. The summed E-state index contributed by atoms with van der Waals surface area (Å²) >= 11 is 0. The van der Waals surface area contributed by atoms with Gasteiger partial charge in [-0.3, -0.25) is 4.79 Å². The topological polar surface area (TPSA) is 59.6 Å². The van der Waals surface area contributed by atoms with Crippen molar-refractivity contribution in [1.82, 2.24) is 0 Å². The normalized spacial score (nSPS) is 9.92. The van der Waals surface area contributed by atoms with Gasteiger partial charge in [-0.2, -0.15) is 0 Å². The maximum absolute atomic E-state index is 12.0. The fourth-order valence-corrected chi connectivity index (χ4v) is 1.99. The van der Waals surface area contributed by atoms with Crippen molar-refractivity contribution in [2.24, 2.45) is 0 Å². The summed E-state index contributed by atoms with van der Waals surface area (Å²) in [5.41, 5.74) is 2.46. The van der Waals surface area contributed by atoms with Crippen molar-refractivity contribution in [2.75, 3.05) is 30.9 Å². The number of hydrogen-bond acceptors (Lipinski definition) is 4. The van der Waals surface area contributed by atoms with Gasteiger partial charge in [-0.05, 0) is 36.8 Å². The molecule has 0 atom stereocenters. The Kier molecular flexibility index (Phi) is 6.25. The molecule has 0 radical (unpaired) electrons. The maximum atomic E-state index is 12.0. The monoisotopic (exact) mass is 326 g/mol. The minimum absolute atomic E-state index is 0.142. The molecule has 5 heteroatoms. The van der Waals surface area contributed by atoms with Gasteiger partial charge in [0.15, 0.2) is 0 Å². The molecule has 24 heavy (non-hydrogen) atoms. The molecule has 0 bridgehead atoms. The largest absolute Gasteiger partial charge is 0.497 e. The molecule has 0 aliphatic heterocycles. The van der Waals surface area contributed by atoms with Gasteiger partial charge in [-0.25, -0.2) is 0 Å². The first-order valence-electron chi connectivity index (χ1n) is 7.62. The molecular weight excluding hydrogens is 304 g/mol. The Morgan fingerprint density at radius 3 is 2.46 bits per heavy atom. The number of anilines is 2. The molecule has 0 saturated carbocycles. The zero-order chi connectivity index (χ0) is 17.4. The van der Waals surface area contributed by atoms with Gasteiger partial charge in [-0.1, -0.05) is 18.7 Å². The molecule has 0 heterocycles. The third kappa shape index (κ3) is 5.68. The summed E-state index contributed by atoms with van der Waals surface area (Å²) in [6.45, 7) is 6.34. The van der Waals surface area contributed by atoms with E-state index in [-0.39, 0.29) is 12.5 Å². The van der Waals surface area contributed by atoms with E-state index in [1.165, 1.54) is 0 Å². The van der Waals surface area contributed by atoms with E-state index in [0.717, 1.165) is 17.0 Å². The number of benzene rings is 2. The van der Waals surface area contributed by atoms with Crippen molar-refractivity contribution >= 4 is 17.3 Å². The van der Waals surface area contributed by atoms with Crippen LogP contribution >= 0.6 is 0 Å². The van der Waals surface area contributed by atoms with E-state index in [4.69, 9.17) is 9.47 Å². The van der Waals surface area contributed by atoms with Gasteiger partial charge in [0.2, 0.25) is 5.91 Å². The Bertz CT molecular complexity index is 713. The predicted molar refractivity (Wildman–Crippen MR) is 96.9 cm³/mol. The van der Waals surface area contributed by atoms with Gasteiger partial charge in [0.05, 0.1) is 13.7 Å². The average molecular weight is 326 g/mol. The van der Waals surface area contributed by atoms with Crippen LogP contribution in [0.4, 0.5) is 11.4 Å². The van der Waals surface area contributed by atoms with Crippen LogP contribution in [-0.4, -0.2) is 26.2 Å². The molecule has 5 nitrogen and oxygen atoms in total. The number of rotatable bonds is 8. The van der Waals surface area contributed by atoms with Crippen molar-refractivity contribution in [1.29, 1.82) is 0 Å². The molecule has 0 fully saturated rings. The van der Waals surface area contributed by atoms with Crippen LogP contribution in [0, 0.1) is 0 Å². The van der Waals surface area contributed by atoms with Gasteiger partial charge in [-0.15, -0.1) is 0 Å². The second kappa shape index (κ2) is 8.62. The summed E-state index contributed by atoms with van der Waals surface area (Å²) in [6, 6.07) is 14.7. The molecule has 0 saturated heterocycles. The van der Waals surface area contributed by atoms with Crippen LogP contribution in [0.5, 0.6) is 11.5 Å². The molecular formula is C19H22N2O3.